The van der Waals surface area contributed by atoms with Crippen LogP contribution >= 0.6 is 11.3 Å². The molecule has 3 aliphatic rings. The second-order valence-electron chi connectivity index (χ2n) is 9.14. The molecule has 1 aromatic carbocycles. The van der Waals surface area contributed by atoms with E-state index in [9.17, 15) is 13.2 Å². The number of nitrogens with zero attached hydrogens (tertiary/aromatic N) is 3. The second kappa shape index (κ2) is 9.97. The molecule has 6 rings (SSSR count). The number of hydrogen-bond acceptors (Lipinski definition) is 11. The molecule has 37 heavy (non-hydrogen) atoms. The second-order valence-corrected chi connectivity index (χ2v) is 12.4. The summed E-state index contributed by atoms with van der Waals surface area (Å²) >= 11 is 1.22. The maximum atomic E-state index is 13.3. The Morgan fingerprint density at radius 2 is 1.89 bits per heavy atom. The van der Waals surface area contributed by atoms with Crippen molar-refractivity contribution < 1.29 is 27.5 Å². The molecule has 2 aliphatic heterocycles. The Morgan fingerprint density at radius 3 is 2.57 bits per heavy atom. The van der Waals surface area contributed by atoms with E-state index in [4.69, 9.17) is 14.3 Å². The first-order valence-electron chi connectivity index (χ1n) is 12.1. The normalized spacial score (nSPS) is 20.5. The number of oxime groups is 1. The van der Waals surface area contributed by atoms with Crippen LogP contribution in [0.2, 0.25) is 0 Å². The molecule has 0 spiro atoms. The lowest BCUT2D eigenvalue weighted by molar-refractivity contribution is -0.110. The number of amides is 1. The summed E-state index contributed by atoms with van der Waals surface area (Å²) in [5.41, 5.74) is 1.07. The molecule has 4 heterocycles. The molecule has 0 bridgehead atoms. The van der Waals surface area contributed by atoms with Gasteiger partial charge in [-0.05, 0) is 31.0 Å². The molecular weight excluding hydrogens is 518 g/mol. The molecule has 11 nitrogen and oxygen atoms in total. The molecule has 2 saturated heterocycles. The van der Waals surface area contributed by atoms with Crippen molar-refractivity contribution in [3.63, 3.8) is 0 Å². The zero-order valence-electron chi connectivity index (χ0n) is 19.8. The molecule has 1 amide bonds. The number of fused-ring (bicyclic) bond motifs is 1. The minimum Gasteiger partial charge on any atom is -0.472 e. The number of sulfone groups is 1. The van der Waals surface area contributed by atoms with Crippen molar-refractivity contribution in [1.82, 2.24) is 15.3 Å². The number of ether oxygens (including phenoxy) is 2. The largest absolute Gasteiger partial charge is 0.472 e. The molecule has 13 heteroatoms. The van der Waals surface area contributed by atoms with Crippen LogP contribution in [0, 0.1) is 0 Å². The molecule has 194 valence electrons. The number of aromatic nitrogens is 2. The van der Waals surface area contributed by atoms with Gasteiger partial charge in [-0.15, -0.1) is 0 Å². The number of thiazole rings is 1. The Labute approximate surface area is 217 Å². The number of rotatable bonds is 9. The van der Waals surface area contributed by atoms with E-state index in [0.717, 1.165) is 13.1 Å². The van der Waals surface area contributed by atoms with Crippen molar-refractivity contribution in [2.45, 2.75) is 41.6 Å². The number of nitrogens with one attached hydrogen (secondary N) is 2. The summed E-state index contributed by atoms with van der Waals surface area (Å²) in [7, 11) is -3.34. The van der Waals surface area contributed by atoms with E-state index >= 15 is 0 Å². The van der Waals surface area contributed by atoms with Crippen LogP contribution in [0.4, 0.5) is 5.13 Å². The van der Waals surface area contributed by atoms with E-state index < -0.39 is 15.7 Å². The third kappa shape index (κ3) is 5.30. The highest BCUT2D eigenvalue weighted by molar-refractivity contribution is 7.92. The zero-order chi connectivity index (χ0) is 25.4. The highest BCUT2D eigenvalue weighted by Crippen LogP contribution is 2.33. The van der Waals surface area contributed by atoms with Crippen LogP contribution in [-0.2, 0) is 24.2 Å². The number of benzene rings is 1. The first-order chi connectivity index (χ1) is 18.0. The first kappa shape index (κ1) is 24.2. The molecule has 1 atom stereocenters. The minimum absolute atomic E-state index is 0.0102. The van der Waals surface area contributed by atoms with E-state index in [2.05, 4.69) is 25.8 Å². The van der Waals surface area contributed by atoms with E-state index in [-0.39, 0.29) is 28.1 Å². The molecule has 3 aromatic rings. The van der Waals surface area contributed by atoms with Gasteiger partial charge in [-0.25, -0.2) is 18.4 Å². The third-order valence-corrected chi connectivity index (χ3v) is 9.46. The average molecular weight is 544 g/mol. The van der Waals surface area contributed by atoms with Gasteiger partial charge in [0.2, 0.25) is 5.88 Å². The van der Waals surface area contributed by atoms with Crippen LogP contribution in [0.3, 0.4) is 0 Å². The van der Waals surface area contributed by atoms with E-state index in [1.165, 1.54) is 23.5 Å². The molecule has 0 unspecified atom stereocenters. The van der Waals surface area contributed by atoms with Gasteiger partial charge in [0.25, 0.3) is 5.91 Å². The van der Waals surface area contributed by atoms with Crippen LogP contribution in [0.1, 0.15) is 24.8 Å². The predicted octanol–water partition coefficient (Wildman–Crippen LogP) is 2.13. The Balaban J connectivity index is 1.23. The van der Waals surface area contributed by atoms with Crippen molar-refractivity contribution in [3.8, 4) is 5.88 Å². The smallest absolute Gasteiger partial charge is 0.280 e. The van der Waals surface area contributed by atoms with Crippen LogP contribution < -0.4 is 15.4 Å². The summed E-state index contributed by atoms with van der Waals surface area (Å²) in [5.74, 6) is -0.0241. The molecule has 2 N–H and O–H groups in total. The van der Waals surface area contributed by atoms with Crippen molar-refractivity contribution in [1.29, 1.82) is 0 Å². The fourth-order valence-electron chi connectivity index (χ4n) is 3.91. The van der Waals surface area contributed by atoms with Crippen molar-refractivity contribution in [2.24, 2.45) is 5.16 Å². The van der Waals surface area contributed by atoms with Gasteiger partial charge in [-0.1, -0.05) is 28.6 Å². The molecule has 2 aromatic heterocycles. The van der Waals surface area contributed by atoms with Crippen molar-refractivity contribution in [3.05, 3.63) is 42.0 Å². The van der Waals surface area contributed by atoms with Gasteiger partial charge < -0.3 is 19.6 Å². The zero-order valence-corrected chi connectivity index (χ0v) is 21.4. The van der Waals surface area contributed by atoms with E-state index in [0.29, 0.717) is 59.4 Å². The quantitative estimate of drug-likeness (QED) is 0.307. The Morgan fingerprint density at radius 1 is 1.08 bits per heavy atom. The van der Waals surface area contributed by atoms with Crippen molar-refractivity contribution in [2.75, 3.05) is 31.6 Å². The number of pyridine rings is 1. The lowest BCUT2D eigenvalue weighted by atomic mass is 10.1. The van der Waals surface area contributed by atoms with Gasteiger partial charge in [0.15, 0.2) is 26.8 Å². The summed E-state index contributed by atoms with van der Waals surface area (Å²) in [6.45, 7) is 2.53. The maximum Gasteiger partial charge on any atom is 0.280 e. The lowest BCUT2D eigenvalue weighted by Crippen LogP contribution is -2.50. The van der Waals surface area contributed by atoms with Gasteiger partial charge in [0.1, 0.15) is 16.5 Å². The summed E-state index contributed by atoms with van der Waals surface area (Å²) in [4.78, 5) is 28.7. The van der Waals surface area contributed by atoms with Gasteiger partial charge in [0.05, 0.1) is 23.4 Å². The van der Waals surface area contributed by atoms with Crippen molar-refractivity contribution >= 4 is 48.3 Å². The third-order valence-electron chi connectivity index (χ3n) is 6.30. The Kier molecular flexibility index (Phi) is 6.53. The SMILES string of the molecule is O=C(Nc1nc2ccc(OC3CNC3)nc2s1)C(=NO[C@@H]1CCOC1)c1ccc(S(=O)(=O)C2CC2)cc1. The van der Waals surface area contributed by atoms with Gasteiger partial charge in [-0.3, -0.25) is 10.1 Å². The average Bonchev–Trinajstić information content (AvgIpc) is 3.47. The number of carbonyl (C=O) groups excluding carboxylic acids is 1. The van der Waals surface area contributed by atoms with Crippen LogP contribution in [0.15, 0.2) is 46.4 Å². The maximum absolute atomic E-state index is 13.3. The molecular formula is C24H25N5O6S2. The Bertz CT molecular complexity index is 1440. The number of carbonyl (C=O) groups is 1. The lowest BCUT2D eigenvalue weighted by Gasteiger charge is -2.27. The highest BCUT2D eigenvalue weighted by Gasteiger charge is 2.37. The summed E-state index contributed by atoms with van der Waals surface area (Å²) < 4.78 is 36.3. The molecule has 1 aliphatic carbocycles. The summed E-state index contributed by atoms with van der Waals surface area (Å²) in [6.07, 6.45) is 1.87. The standard InChI is InChI=1S/C24H25N5O6S2/c30-22(28-24-26-19-7-8-20(27-23(19)36-24)34-16-11-25-12-16)21(29-35-15-9-10-33-13-15)14-1-3-17(4-2-14)37(31,32)18-5-6-18/h1-4,7-8,15-16,18,25H,5-6,9-13H2,(H,26,28,30)/t15-/m1/s1. The van der Waals surface area contributed by atoms with Gasteiger partial charge >= 0.3 is 0 Å². The van der Waals surface area contributed by atoms with Gasteiger partial charge in [0, 0.05) is 31.1 Å². The van der Waals surface area contributed by atoms with Gasteiger partial charge in [-0.2, -0.15) is 0 Å². The Hall–Kier alpha value is -3.13. The number of anilines is 1. The van der Waals surface area contributed by atoms with Crippen LogP contribution in [0.25, 0.3) is 10.3 Å². The minimum atomic E-state index is -3.34. The molecule has 3 fully saturated rings. The molecule has 0 radical (unpaired) electrons. The highest BCUT2D eigenvalue weighted by atomic mass is 32.2. The predicted molar refractivity (Wildman–Crippen MR) is 137 cm³/mol. The number of hydrogen-bond donors (Lipinski definition) is 2. The first-order valence-corrected chi connectivity index (χ1v) is 14.4. The summed E-state index contributed by atoms with van der Waals surface area (Å²) in [6, 6.07) is 9.71. The van der Waals surface area contributed by atoms with E-state index in [1.54, 1.807) is 24.3 Å². The summed E-state index contributed by atoms with van der Waals surface area (Å²) in [5, 5.41) is 10.1. The fraction of sp³-hybridized carbons (Fsp3) is 0.417. The van der Waals surface area contributed by atoms with Crippen LogP contribution in [0.5, 0.6) is 5.88 Å². The molecule has 1 saturated carbocycles. The fourth-order valence-corrected chi connectivity index (χ4v) is 6.40. The van der Waals surface area contributed by atoms with E-state index in [1.807, 2.05) is 0 Å². The van der Waals surface area contributed by atoms with Crippen LogP contribution in [-0.4, -0.2) is 73.8 Å². The topological polar surface area (TPSA) is 141 Å². The monoisotopic (exact) mass is 543 g/mol.